The maximum Gasteiger partial charge on any atom is 0.279 e. The quantitative estimate of drug-likeness (QED) is 0.849. The Morgan fingerprint density at radius 3 is 2.88 bits per heavy atom. The molecule has 0 spiro atoms. The number of rotatable bonds is 4. The van der Waals surface area contributed by atoms with Crippen LogP contribution in [0.15, 0.2) is 30.6 Å². The summed E-state index contributed by atoms with van der Waals surface area (Å²) in [6.07, 6.45) is 3.56. The Balaban J connectivity index is 2.20. The first kappa shape index (κ1) is 12.0. The number of pyridine rings is 1. The van der Waals surface area contributed by atoms with Crippen molar-refractivity contribution in [2.24, 2.45) is 0 Å². The average molecular weight is 254 g/mol. The number of nitrogens with zero attached hydrogens (tertiary/aromatic N) is 3. The molecule has 0 saturated heterocycles. The molecule has 17 heavy (non-hydrogen) atoms. The molecular formula is C10H14N4O2S. The molecule has 0 fully saturated rings. The third-order valence-corrected chi connectivity index (χ3v) is 3.88. The number of fused-ring (bicyclic) bond motifs is 1. The van der Waals surface area contributed by atoms with Crippen LogP contribution >= 0.6 is 0 Å². The van der Waals surface area contributed by atoms with Crippen LogP contribution in [0.25, 0.3) is 5.52 Å². The molecule has 92 valence electrons. The van der Waals surface area contributed by atoms with Gasteiger partial charge in [0.05, 0.1) is 18.3 Å². The van der Waals surface area contributed by atoms with E-state index >= 15 is 0 Å². The van der Waals surface area contributed by atoms with Gasteiger partial charge in [0, 0.05) is 20.3 Å². The van der Waals surface area contributed by atoms with Gasteiger partial charge < -0.3 is 4.40 Å². The highest BCUT2D eigenvalue weighted by atomic mass is 32.2. The first-order valence-electron chi connectivity index (χ1n) is 5.09. The molecule has 0 unspecified atom stereocenters. The molecule has 0 radical (unpaired) electrons. The predicted octanol–water partition coefficient (Wildman–Crippen LogP) is 0.230. The molecule has 2 aromatic rings. The molecule has 0 bridgehead atoms. The van der Waals surface area contributed by atoms with Crippen molar-refractivity contribution in [2.75, 3.05) is 14.1 Å². The summed E-state index contributed by atoms with van der Waals surface area (Å²) in [5, 5.41) is 0. The van der Waals surface area contributed by atoms with Crippen LogP contribution in [0.3, 0.4) is 0 Å². The monoisotopic (exact) mass is 254 g/mol. The number of imidazole rings is 1. The Morgan fingerprint density at radius 1 is 1.41 bits per heavy atom. The molecule has 2 aromatic heterocycles. The van der Waals surface area contributed by atoms with Crippen molar-refractivity contribution < 1.29 is 8.42 Å². The van der Waals surface area contributed by atoms with Crippen molar-refractivity contribution in [3.05, 3.63) is 36.4 Å². The van der Waals surface area contributed by atoms with E-state index in [2.05, 4.69) is 9.71 Å². The second-order valence-electron chi connectivity index (χ2n) is 3.78. The molecule has 0 aromatic carbocycles. The van der Waals surface area contributed by atoms with Gasteiger partial charge in [0.1, 0.15) is 5.82 Å². The van der Waals surface area contributed by atoms with Crippen LogP contribution in [-0.4, -0.2) is 36.2 Å². The fourth-order valence-electron chi connectivity index (χ4n) is 1.42. The second-order valence-corrected chi connectivity index (χ2v) is 5.75. The standard InChI is InChI=1S/C10H14N4O2S/c1-13(2)17(15,16)12-8-10-11-7-9-5-3-4-6-14(9)10/h3-7,12H,8H2,1-2H3. The van der Waals surface area contributed by atoms with E-state index in [4.69, 9.17) is 0 Å². The molecule has 0 aliphatic heterocycles. The number of nitrogens with one attached hydrogen (secondary N) is 1. The van der Waals surface area contributed by atoms with E-state index in [0.29, 0.717) is 5.82 Å². The van der Waals surface area contributed by atoms with Crippen LogP contribution in [-0.2, 0) is 16.8 Å². The van der Waals surface area contributed by atoms with Gasteiger partial charge in [-0.25, -0.2) is 4.98 Å². The summed E-state index contributed by atoms with van der Waals surface area (Å²) in [6.45, 7) is 0.165. The largest absolute Gasteiger partial charge is 0.303 e. The summed E-state index contributed by atoms with van der Waals surface area (Å²) in [5.74, 6) is 0.658. The summed E-state index contributed by atoms with van der Waals surface area (Å²) in [6, 6.07) is 5.69. The first-order chi connectivity index (χ1) is 8.00. The Hall–Kier alpha value is -1.44. The zero-order valence-corrected chi connectivity index (χ0v) is 10.5. The summed E-state index contributed by atoms with van der Waals surface area (Å²) < 4.78 is 28.5. The SMILES string of the molecule is CN(C)S(=O)(=O)NCc1ncc2ccccn12. The van der Waals surface area contributed by atoms with Crippen LogP contribution in [0.4, 0.5) is 0 Å². The van der Waals surface area contributed by atoms with Crippen LogP contribution in [0, 0.1) is 0 Å². The van der Waals surface area contributed by atoms with E-state index in [-0.39, 0.29) is 6.54 Å². The summed E-state index contributed by atoms with van der Waals surface area (Å²) in [4.78, 5) is 4.18. The van der Waals surface area contributed by atoms with Crippen LogP contribution < -0.4 is 4.72 Å². The highest BCUT2D eigenvalue weighted by molar-refractivity contribution is 7.87. The Bertz CT molecular complexity index is 618. The van der Waals surface area contributed by atoms with Crippen molar-refractivity contribution in [3.8, 4) is 0 Å². The van der Waals surface area contributed by atoms with E-state index in [1.807, 2.05) is 28.8 Å². The Morgan fingerprint density at radius 2 is 2.18 bits per heavy atom. The van der Waals surface area contributed by atoms with Crippen molar-refractivity contribution in [1.82, 2.24) is 18.4 Å². The smallest absolute Gasteiger partial charge is 0.279 e. The lowest BCUT2D eigenvalue weighted by molar-refractivity contribution is 0.503. The average Bonchev–Trinajstić information content (AvgIpc) is 2.69. The van der Waals surface area contributed by atoms with Gasteiger partial charge in [-0.1, -0.05) is 6.07 Å². The normalized spacial score (nSPS) is 12.4. The highest BCUT2D eigenvalue weighted by Gasteiger charge is 2.13. The van der Waals surface area contributed by atoms with Gasteiger partial charge in [-0.05, 0) is 12.1 Å². The number of hydrogen-bond donors (Lipinski definition) is 1. The minimum Gasteiger partial charge on any atom is -0.303 e. The van der Waals surface area contributed by atoms with E-state index in [1.54, 1.807) is 6.20 Å². The van der Waals surface area contributed by atoms with Gasteiger partial charge in [-0.2, -0.15) is 17.4 Å². The molecular weight excluding hydrogens is 240 g/mol. The third kappa shape index (κ3) is 2.46. The van der Waals surface area contributed by atoms with Gasteiger partial charge in [0.25, 0.3) is 10.2 Å². The maximum absolute atomic E-state index is 11.5. The lowest BCUT2D eigenvalue weighted by atomic mass is 10.4. The van der Waals surface area contributed by atoms with Gasteiger partial charge in [-0.3, -0.25) is 0 Å². The van der Waals surface area contributed by atoms with Crippen LogP contribution in [0.2, 0.25) is 0 Å². The zero-order chi connectivity index (χ0) is 12.5. The Labute approximate surface area is 100 Å². The summed E-state index contributed by atoms with van der Waals surface area (Å²) >= 11 is 0. The predicted molar refractivity (Wildman–Crippen MR) is 64.6 cm³/mol. The Kier molecular flexibility index (Phi) is 3.14. The molecule has 2 heterocycles. The second kappa shape index (κ2) is 4.44. The maximum atomic E-state index is 11.5. The first-order valence-corrected chi connectivity index (χ1v) is 6.53. The van der Waals surface area contributed by atoms with E-state index in [0.717, 1.165) is 9.82 Å². The minimum absolute atomic E-state index is 0.165. The molecule has 0 amide bonds. The van der Waals surface area contributed by atoms with Gasteiger partial charge in [0.2, 0.25) is 0 Å². The summed E-state index contributed by atoms with van der Waals surface area (Å²) in [5.41, 5.74) is 0.937. The third-order valence-electron chi connectivity index (χ3n) is 2.41. The van der Waals surface area contributed by atoms with E-state index < -0.39 is 10.2 Å². The highest BCUT2D eigenvalue weighted by Crippen LogP contribution is 2.06. The van der Waals surface area contributed by atoms with Gasteiger partial charge in [0.15, 0.2) is 0 Å². The fourth-order valence-corrected chi connectivity index (χ4v) is 1.98. The number of aromatic nitrogens is 2. The molecule has 0 aliphatic carbocycles. The molecule has 0 atom stereocenters. The molecule has 6 nitrogen and oxygen atoms in total. The van der Waals surface area contributed by atoms with Crippen molar-refractivity contribution in [1.29, 1.82) is 0 Å². The zero-order valence-electron chi connectivity index (χ0n) is 9.66. The van der Waals surface area contributed by atoms with Gasteiger partial charge in [-0.15, -0.1) is 0 Å². The van der Waals surface area contributed by atoms with Crippen molar-refractivity contribution in [2.45, 2.75) is 6.54 Å². The molecule has 1 N–H and O–H groups in total. The lowest BCUT2D eigenvalue weighted by Gasteiger charge is -2.11. The minimum atomic E-state index is -3.41. The van der Waals surface area contributed by atoms with Crippen LogP contribution in [0.1, 0.15) is 5.82 Å². The van der Waals surface area contributed by atoms with Crippen LogP contribution in [0.5, 0.6) is 0 Å². The van der Waals surface area contributed by atoms with Crippen molar-refractivity contribution >= 4 is 15.7 Å². The van der Waals surface area contributed by atoms with E-state index in [1.165, 1.54) is 14.1 Å². The van der Waals surface area contributed by atoms with Gasteiger partial charge >= 0.3 is 0 Å². The topological polar surface area (TPSA) is 66.7 Å². The molecule has 2 rings (SSSR count). The van der Waals surface area contributed by atoms with E-state index in [9.17, 15) is 8.42 Å². The molecule has 0 aliphatic rings. The van der Waals surface area contributed by atoms with Crippen molar-refractivity contribution in [3.63, 3.8) is 0 Å². The number of hydrogen-bond acceptors (Lipinski definition) is 3. The molecule has 0 saturated carbocycles. The molecule has 7 heteroatoms. The fraction of sp³-hybridized carbons (Fsp3) is 0.300. The summed E-state index contributed by atoms with van der Waals surface area (Å²) in [7, 11) is -0.457. The lowest BCUT2D eigenvalue weighted by Crippen LogP contribution is -2.35.